The molecule has 0 radical (unpaired) electrons. The van der Waals surface area contributed by atoms with Gasteiger partial charge in [0.15, 0.2) is 21.3 Å². The summed E-state index contributed by atoms with van der Waals surface area (Å²) in [5.41, 5.74) is 1.80. The van der Waals surface area contributed by atoms with Gasteiger partial charge in [-0.15, -0.1) is 0 Å². The minimum absolute atomic E-state index is 0.134. The van der Waals surface area contributed by atoms with Crippen LogP contribution < -0.4 is 19.5 Å². The molecule has 150 valence electrons. The molecule has 3 aromatic rings. The van der Waals surface area contributed by atoms with E-state index in [1.807, 2.05) is 0 Å². The molecule has 1 heterocycles. The maximum absolute atomic E-state index is 12.0. The maximum Gasteiger partial charge on any atom is 0.203 e. The SMILES string of the molecule is COc1cc(Nc2c(C#N)cnc3ccc(S(C)(=O)=O)cc23)cc(OC)c1OC. The number of anilines is 2. The minimum Gasteiger partial charge on any atom is -0.493 e. The third kappa shape index (κ3) is 3.88. The summed E-state index contributed by atoms with van der Waals surface area (Å²) in [7, 11) is 1.08. The molecule has 1 N–H and O–H groups in total. The summed E-state index contributed by atoms with van der Waals surface area (Å²) in [5, 5.41) is 13.2. The van der Waals surface area contributed by atoms with Gasteiger partial charge in [-0.25, -0.2) is 8.42 Å². The normalized spacial score (nSPS) is 11.0. The van der Waals surface area contributed by atoms with Crippen molar-refractivity contribution in [3.63, 3.8) is 0 Å². The number of pyridine rings is 1. The summed E-state index contributed by atoms with van der Waals surface area (Å²) >= 11 is 0. The summed E-state index contributed by atoms with van der Waals surface area (Å²) in [4.78, 5) is 4.38. The maximum atomic E-state index is 12.0. The lowest BCUT2D eigenvalue weighted by Gasteiger charge is -2.16. The van der Waals surface area contributed by atoms with Crippen molar-refractivity contribution in [1.29, 1.82) is 5.26 Å². The second-order valence-corrected chi connectivity index (χ2v) is 8.16. The molecular weight excluding hydrogens is 394 g/mol. The summed E-state index contributed by atoms with van der Waals surface area (Å²) in [6, 6.07) is 10.1. The first-order valence-electron chi connectivity index (χ1n) is 8.42. The van der Waals surface area contributed by atoms with Crippen molar-refractivity contribution in [2.75, 3.05) is 32.9 Å². The molecule has 0 fully saturated rings. The number of aromatic nitrogens is 1. The molecule has 0 saturated heterocycles. The van der Waals surface area contributed by atoms with Gasteiger partial charge in [-0.3, -0.25) is 4.98 Å². The van der Waals surface area contributed by atoms with Gasteiger partial charge < -0.3 is 19.5 Å². The Labute approximate surface area is 168 Å². The molecule has 0 amide bonds. The van der Waals surface area contributed by atoms with Crippen LogP contribution in [0.3, 0.4) is 0 Å². The Morgan fingerprint density at radius 3 is 2.21 bits per heavy atom. The second kappa shape index (κ2) is 7.85. The van der Waals surface area contributed by atoms with Crippen molar-refractivity contribution in [3.8, 4) is 23.3 Å². The molecule has 0 aliphatic heterocycles. The van der Waals surface area contributed by atoms with Crippen LogP contribution in [0.15, 0.2) is 41.4 Å². The van der Waals surface area contributed by atoms with E-state index in [9.17, 15) is 13.7 Å². The molecule has 0 aliphatic carbocycles. The Hall–Kier alpha value is -3.51. The first-order chi connectivity index (χ1) is 13.8. The summed E-state index contributed by atoms with van der Waals surface area (Å²) in [6.07, 6.45) is 2.56. The zero-order valence-corrected chi connectivity index (χ0v) is 17.1. The number of methoxy groups -OCH3 is 3. The molecule has 0 bridgehead atoms. The van der Waals surface area contributed by atoms with Crippen LogP contribution in [0.1, 0.15) is 5.56 Å². The van der Waals surface area contributed by atoms with E-state index in [0.717, 1.165) is 6.26 Å². The number of ether oxygens (including phenoxy) is 3. The van der Waals surface area contributed by atoms with Gasteiger partial charge in [0, 0.05) is 35.7 Å². The predicted octanol–water partition coefficient (Wildman–Crippen LogP) is 3.28. The van der Waals surface area contributed by atoms with Gasteiger partial charge in [-0.05, 0) is 18.2 Å². The Kier molecular flexibility index (Phi) is 5.48. The van der Waals surface area contributed by atoms with Crippen molar-refractivity contribution in [1.82, 2.24) is 4.98 Å². The van der Waals surface area contributed by atoms with Crippen molar-refractivity contribution < 1.29 is 22.6 Å². The fraction of sp³-hybridized carbons (Fsp3) is 0.200. The number of hydrogen-bond acceptors (Lipinski definition) is 8. The van der Waals surface area contributed by atoms with Gasteiger partial charge in [0.05, 0.1) is 43.0 Å². The van der Waals surface area contributed by atoms with Crippen LogP contribution in [0.5, 0.6) is 17.2 Å². The zero-order chi connectivity index (χ0) is 21.2. The van der Waals surface area contributed by atoms with Gasteiger partial charge in [-0.2, -0.15) is 5.26 Å². The zero-order valence-electron chi connectivity index (χ0n) is 16.3. The van der Waals surface area contributed by atoms with Crippen LogP contribution in [0.25, 0.3) is 10.9 Å². The summed E-state index contributed by atoms with van der Waals surface area (Å²) in [6.45, 7) is 0. The highest BCUT2D eigenvalue weighted by atomic mass is 32.2. The van der Waals surface area contributed by atoms with E-state index in [1.54, 1.807) is 18.2 Å². The van der Waals surface area contributed by atoms with Crippen LogP contribution in [0, 0.1) is 11.3 Å². The highest BCUT2D eigenvalue weighted by Crippen LogP contribution is 2.41. The van der Waals surface area contributed by atoms with E-state index in [2.05, 4.69) is 16.4 Å². The largest absolute Gasteiger partial charge is 0.493 e. The number of nitrogens with zero attached hydrogens (tertiary/aromatic N) is 2. The molecular formula is C20H19N3O5S. The average Bonchev–Trinajstić information content (AvgIpc) is 2.72. The molecule has 9 heteroatoms. The van der Waals surface area contributed by atoms with Crippen LogP contribution in [0.4, 0.5) is 11.4 Å². The van der Waals surface area contributed by atoms with Crippen molar-refractivity contribution in [3.05, 3.63) is 42.1 Å². The third-order valence-corrected chi connectivity index (χ3v) is 5.43. The Balaban J connectivity index is 2.23. The number of nitriles is 1. The topological polar surface area (TPSA) is 111 Å². The lowest BCUT2D eigenvalue weighted by molar-refractivity contribution is 0.324. The molecule has 29 heavy (non-hydrogen) atoms. The van der Waals surface area contributed by atoms with Crippen molar-refractivity contribution >= 4 is 32.1 Å². The Bertz CT molecular complexity index is 1210. The molecule has 1 aromatic heterocycles. The first kappa shape index (κ1) is 20.2. The fourth-order valence-electron chi connectivity index (χ4n) is 2.92. The number of benzene rings is 2. The minimum atomic E-state index is -3.43. The van der Waals surface area contributed by atoms with E-state index in [4.69, 9.17) is 14.2 Å². The summed E-state index contributed by atoms with van der Waals surface area (Å²) in [5.74, 6) is 1.30. The number of fused-ring (bicyclic) bond motifs is 1. The Morgan fingerprint density at radius 1 is 1.03 bits per heavy atom. The lowest BCUT2D eigenvalue weighted by atomic mass is 10.1. The number of hydrogen-bond donors (Lipinski definition) is 1. The van der Waals surface area contributed by atoms with Gasteiger partial charge in [-0.1, -0.05) is 0 Å². The van der Waals surface area contributed by atoms with E-state index in [1.165, 1.54) is 39.7 Å². The molecule has 0 spiro atoms. The number of sulfone groups is 1. The van der Waals surface area contributed by atoms with Crippen molar-refractivity contribution in [2.45, 2.75) is 4.90 Å². The molecule has 2 aromatic carbocycles. The second-order valence-electron chi connectivity index (χ2n) is 6.15. The highest BCUT2D eigenvalue weighted by Gasteiger charge is 2.17. The van der Waals surface area contributed by atoms with E-state index in [-0.39, 0.29) is 10.5 Å². The molecule has 0 unspecified atom stereocenters. The quantitative estimate of drug-likeness (QED) is 0.655. The number of rotatable bonds is 6. The smallest absolute Gasteiger partial charge is 0.203 e. The first-order valence-corrected chi connectivity index (χ1v) is 10.3. The standard InChI is InChI=1S/C20H19N3O5S/c1-26-17-7-13(8-18(27-2)20(17)28-3)23-19-12(10-21)11-22-16-6-5-14(9-15(16)19)29(4,24)25/h5-9,11H,1-4H3,(H,22,23). The highest BCUT2D eigenvalue weighted by molar-refractivity contribution is 7.90. The number of nitrogens with one attached hydrogen (secondary N) is 1. The monoisotopic (exact) mass is 413 g/mol. The molecule has 3 rings (SSSR count). The van der Waals surface area contributed by atoms with Crippen LogP contribution in [-0.2, 0) is 9.84 Å². The van der Waals surface area contributed by atoms with Gasteiger partial charge >= 0.3 is 0 Å². The lowest BCUT2D eigenvalue weighted by Crippen LogP contribution is -2.01. The van der Waals surface area contributed by atoms with Gasteiger partial charge in [0.2, 0.25) is 5.75 Å². The predicted molar refractivity (Wildman–Crippen MR) is 109 cm³/mol. The van der Waals surface area contributed by atoms with Gasteiger partial charge in [0.25, 0.3) is 0 Å². The molecule has 0 aliphatic rings. The molecule has 8 nitrogen and oxygen atoms in total. The molecule has 0 atom stereocenters. The van der Waals surface area contributed by atoms with E-state index in [0.29, 0.717) is 39.5 Å². The van der Waals surface area contributed by atoms with Crippen LogP contribution in [-0.4, -0.2) is 41.0 Å². The van der Waals surface area contributed by atoms with Crippen LogP contribution >= 0.6 is 0 Å². The Morgan fingerprint density at radius 2 is 1.69 bits per heavy atom. The summed E-state index contributed by atoms with van der Waals surface area (Å²) < 4.78 is 40.0. The average molecular weight is 413 g/mol. The van der Waals surface area contributed by atoms with Crippen molar-refractivity contribution in [2.24, 2.45) is 0 Å². The molecule has 0 saturated carbocycles. The van der Waals surface area contributed by atoms with Crippen LogP contribution in [0.2, 0.25) is 0 Å². The van der Waals surface area contributed by atoms with E-state index >= 15 is 0 Å². The van der Waals surface area contributed by atoms with E-state index < -0.39 is 9.84 Å². The third-order valence-electron chi connectivity index (χ3n) is 4.32. The van der Waals surface area contributed by atoms with Gasteiger partial charge in [0.1, 0.15) is 6.07 Å². The fourth-order valence-corrected chi connectivity index (χ4v) is 3.57.